The van der Waals surface area contributed by atoms with E-state index in [4.69, 9.17) is 0 Å². The van der Waals surface area contributed by atoms with E-state index in [9.17, 15) is 19.2 Å². The van der Waals surface area contributed by atoms with E-state index >= 15 is 0 Å². The second-order valence-corrected chi connectivity index (χ2v) is 9.23. The fraction of sp³-hybridized carbons (Fsp3) is 0.270. The van der Waals surface area contributed by atoms with Crippen molar-refractivity contribution >= 4 is 45.2 Å². The van der Waals surface area contributed by atoms with Gasteiger partial charge < -0.3 is 17.2 Å². The monoisotopic (exact) mass is 761 g/mol. The van der Waals surface area contributed by atoms with Crippen molar-refractivity contribution in [3.8, 4) is 0 Å². The van der Waals surface area contributed by atoms with E-state index < -0.39 is 0 Å². The number of hydrogen-bond donors (Lipinski definition) is 0. The van der Waals surface area contributed by atoms with Crippen LogP contribution in [0.15, 0.2) is 72.8 Å². The summed E-state index contributed by atoms with van der Waals surface area (Å²) >= 11 is 0. The number of amides is 4. The topological polar surface area (TPSA) is 74.8 Å². The van der Waals surface area contributed by atoms with Crippen LogP contribution in [-0.4, -0.2) is 33.4 Å². The molecule has 4 amide bonds. The molecule has 0 saturated heterocycles. The van der Waals surface area contributed by atoms with Gasteiger partial charge in [0.1, 0.15) is 0 Å². The predicted octanol–water partition coefficient (Wildman–Crippen LogP) is 9.64. The molecule has 0 unspecified atom stereocenters. The number of carbonyl (C=O) groups is 4. The molecule has 8 heteroatoms. The fourth-order valence-electron chi connectivity index (χ4n) is 4.16. The van der Waals surface area contributed by atoms with Crippen LogP contribution in [0.25, 0.3) is 21.5 Å². The van der Waals surface area contributed by atoms with Crippen LogP contribution >= 0.6 is 0 Å². The summed E-state index contributed by atoms with van der Waals surface area (Å²) in [5.74, 6) is -0.521. The van der Waals surface area contributed by atoms with Gasteiger partial charge in [0, 0.05) is 98.4 Å². The Morgan fingerprint density at radius 3 is 0.822 bits per heavy atom. The minimum absolute atomic E-state index is 0. The van der Waals surface area contributed by atoms with E-state index in [1.807, 2.05) is 90.1 Å². The predicted molar refractivity (Wildman–Crippen MR) is 181 cm³/mol. The van der Waals surface area contributed by atoms with E-state index in [0.29, 0.717) is 22.3 Å². The number of imide groups is 2. The fourth-order valence-corrected chi connectivity index (χ4v) is 4.16. The Hall–Kier alpha value is -2.11. The zero-order valence-corrected chi connectivity index (χ0v) is 34.3. The molecule has 45 heavy (non-hydrogen) atoms. The average molecular weight is 762 g/mol. The van der Waals surface area contributed by atoms with Gasteiger partial charge in [0.15, 0.2) is 0 Å². The van der Waals surface area contributed by atoms with Gasteiger partial charge in [-0.15, -0.1) is 0 Å². The smallest absolute Gasteiger partial charge is 0.231 e. The number of benzene rings is 4. The van der Waals surface area contributed by atoms with Crippen LogP contribution < -0.4 is 0 Å². The summed E-state index contributed by atoms with van der Waals surface area (Å²) in [6.07, 6.45) is 0. The van der Waals surface area contributed by atoms with Crippen molar-refractivity contribution in [2.75, 3.05) is 0 Å². The van der Waals surface area contributed by atoms with E-state index in [1.165, 1.54) is 0 Å². The minimum Gasteiger partial charge on any atom is -0.430 e. The largest absolute Gasteiger partial charge is 0.430 e. The molecule has 0 atom stereocenters. The first kappa shape index (κ1) is 47.3. The molecular weight excluding hydrogens is 714 g/mol. The number of rotatable bonds is 0. The van der Waals surface area contributed by atoms with E-state index in [0.717, 1.165) is 37.3 Å². The van der Waals surface area contributed by atoms with Crippen LogP contribution in [-0.2, 0) is 65.4 Å². The Kier molecular flexibility index (Phi) is 24.4. The van der Waals surface area contributed by atoms with Gasteiger partial charge in [-0.2, -0.15) is 0 Å². The van der Waals surface area contributed by atoms with Crippen molar-refractivity contribution in [1.82, 2.24) is 9.80 Å². The number of carbonyl (C=O) groups excluding carboxylic acids is 4. The summed E-state index contributed by atoms with van der Waals surface area (Å²) in [4.78, 5) is 49.3. The first-order valence-electron chi connectivity index (χ1n) is 14.6. The van der Waals surface area contributed by atoms with E-state index in [1.54, 1.807) is 24.3 Å². The molecule has 0 saturated carbocycles. The van der Waals surface area contributed by atoms with Crippen molar-refractivity contribution in [3.63, 3.8) is 0 Å². The summed E-state index contributed by atoms with van der Waals surface area (Å²) in [7, 11) is 6.96. The summed E-state index contributed by atoms with van der Waals surface area (Å²) < 4.78 is 0. The van der Waals surface area contributed by atoms with Gasteiger partial charge in [0.2, 0.25) is 23.6 Å². The molecule has 0 spiro atoms. The standard InChI is InChI=1S/2C13H8NO2.C4H10.3C2H6.CH3.2Y/c2*1-14-12(15)9-6-2-4-8-5-3-7-10(11(8)9)13(14)16;1-4(2)3;3*1-2;;;/h2*2-7H,1H2;4H,1-3H3;3*1-2H3;1H3;;/q2*-1;;;;;-1;;. The third kappa shape index (κ3) is 11.0. The summed E-state index contributed by atoms with van der Waals surface area (Å²) in [5.41, 5.74) is 2.18. The second-order valence-electron chi connectivity index (χ2n) is 9.23. The maximum atomic E-state index is 11.9. The van der Waals surface area contributed by atoms with Crippen molar-refractivity contribution in [3.05, 3.63) is 117 Å². The van der Waals surface area contributed by atoms with Crippen molar-refractivity contribution < 1.29 is 84.6 Å². The molecule has 2 aliphatic rings. The molecule has 4 aromatic rings. The van der Waals surface area contributed by atoms with Crippen molar-refractivity contribution in [2.45, 2.75) is 62.3 Å². The van der Waals surface area contributed by atoms with Crippen LogP contribution in [0.2, 0.25) is 0 Å². The van der Waals surface area contributed by atoms with E-state index in [-0.39, 0.29) is 96.5 Å². The molecule has 0 aromatic heterocycles. The molecule has 0 bridgehead atoms. The average Bonchev–Trinajstić information content (AvgIpc) is 3.03. The normalized spacial score (nSPS) is 11.6. The molecule has 6 nitrogen and oxygen atoms in total. The molecule has 2 heterocycles. The molecular formula is C37H47N2O4Y2-3. The summed E-state index contributed by atoms with van der Waals surface area (Å²) in [6.45, 7) is 18.5. The van der Waals surface area contributed by atoms with Gasteiger partial charge in [-0.1, -0.05) is 111 Å². The van der Waals surface area contributed by atoms with Crippen LogP contribution in [0.5, 0.6) is 0 Å². The Bertz CT molecular complexity index is 1330. The van der Waals surface area contributed by atoms with Crippen molar-refractivity contribution in [2.24, 2.45) is 5.92 Å². The third-order valence-corrected chi connectivity index (χ3v) is 5.71. The second kappa shape index (κ2) is 23.2. The Balaban J connectivity index is -0.000000581. The summed E-state index contributed by atoms with van der Waals surface area (Å²) in [5, 5.41) is 3.29. The SMILES string of the molecule is CC.CC.CC.CC(C)C.[CH2-]N1C(=O)c2cccc3cccc(c23)C1=O.[CH2-]N1C(=O)c2cccc3cccc(c23)C1=O.[CH3-].[Y].[Y]. The number of nitrogens with zero attached hydrogens (tertiary/aromatic N) is 2. The summed E-state index contributed by atoms with van der Waals surface area (Å²) in [6, 6.07) is 21.7. The Morgan fingerprint density at radius 1 is 0.467 bits per heavy atom. The molecule has 238 valence electrons. The quantitative estimate of drug-likeness (QED) is 0.132. The molecule has 2 radical (unpaired) electrons. The maximum absolute atomic E-state index is 11.9. The van der Waals surface area contributed by atoms with Gasteiger partial charge in [-0.3, -0.25) is 19.2 Å². The molecule has 6 rings (SSSR count). The Labute approximate surface area is 321 Å². The first-order valence-corrected chi connectivity index (χ1v) is 14.6. The molecule has 0 aliphatic carbocycles. The molecule has 0 N–H and O–H groups in total. The van der Waals surface area contributed by atoms with Crippen molar-refractivity contribution in [1.29, 1.82) is 0 Å². The van der Waals surface area contributed by atoms with Gasteiger partial charge in [-0.05, 0) is 41.0 Å². The minimum atomic E-state index is -0.339. The van der Waals surface area contributed by atoms with Crippen LogP contribution in [0.3, 0.4) is 0 Å². The number of hydrogen-bond acceptors (Lipinski definition) is 4. The zero-order valence-electron chi connectivity index (χ0n) is 28.6. The van der Waals surface area contributed by atoms with Gasteiger partial charge in [-0.25, -0.2) is 14.1 Å². The maximum Gasteiger partial charge on any atom is 0.231 e. The molecule has 0 fully saturated rings. The van der Waals surface area contributed by atoms with Gasteiger partial charge >= 0.3 is 0 Å². The zero-order chi connectivity index (χ0) is 32.1. The third-order valence-electron chi connectivity index (χ3n) is 5.71. The van der Waals surface area contributed by atoms with Gasteiger partial charge in [0.05, 0.1) is 0 Å². The van der Waals surface area contributed by atoms with Crippen LogP contribution in [0, 0.1) is 27.4 Å². The van der Waals surface area contributed by atoms with Gasteiger partial charge in [0.25, 0.3) is 0 Å². The first-order chi connectivity index (χ1) is 20.1. The molecule has 4 aromatic carbocycles. The van der Waals surface area contributed by atoms with Crippen LogP contribution in [0.4, 0.5) is 0 Å². The molecule has 2 aliphatic heterocycles. The Morgan fingerprint density at radius 2 is 0.644 bits per heavy atom. The van der Waals surface area contributed by atoms with E-state index in [2.05, 4.69) is 34.9 Å². The van der Waals surface area contributed by atoms with Crippen LogP contribution in [0.1, 0.15) is 104 Å².